The van der Waals surface area contributed by atoms with E-state index in [4.69, 9.17) is 0 Å². The van der Waals surface area contributed by atoms with Crippen LogP contribution in [0.4, 0.5) is 0 Å². The van der Waals surface area contributed by atoms with Crippen LogP contribution in [0.15, 0.2) is 23.6 Å². The molecule has 2 fully saturated rings. The number of nitrogens with zero attached hydrogens (tertiary/aromatic N) is 1. The van der Waals surface area contributed by atoms with Gasteiger partial charge in [0.15, 0.2) is 0 Å². The van der Waals surface area contributed by atoms with Crippen LogP contribution in [0.5, 0.6) is 0 Å². The van der Waals surface area contributed by atoms with Gasteiger partial charge in [0.05, 0.1) is 6.10 Å². The molecule has 1 aromatic heterocycles. The summed E-state index contributed by atoms with van der Waals surface area (Å²) >= 11 is 1.63. The summed E-state index contributed by atoms with van der Waals surface area (Å²) < 4.78 is 0. The van der Waals surface area contributed by atoms with Gasteiger partial charge in [0.1, 0.15) is 0 Å². The van der Waals surface area contributed by atoms with E-state index in [0.29, 0.717) is 11.8 Å². The van der Waals surface area contributed by atoms with Gasteiger partial charge in [-0.1, -0.05) is 6.07 Å². The lowest BCUT2D eigenvalue weighted by molar-refractivity contribution is -0.125. The molecule has 3 rings (SSSR count). The number of aliphatic hydroxyl groups is 1. The topological polar surface area (TPSA) is 40.5 Å². The number of hydrogen-bond acceptors (Lipinski definition) is 3. The Morgan fingerprint density at radius 3 is 3.06 bits per heavy atom. The fourth-order valence-electron chi connectivity index (χ4n) is 3.06. The number of hydrogen-bond donors (Lipinski definition) is 1. The highest BCUT2D eigenvalue weighted by molar-refractivity contribution is 7.10. The van der Waals surface area contributed by atoms with Crippen LogP contribution < -0.4 is 0 Å². The van der Waals surface area contributed by atoms with Crippen molar-refractivity contribution in [1.82, 2.24) is 4.90 Å². The maximum absolute atomic E-state index is 12.0. The molecule has 0 bridgehead atoms. The molecule has 0 spiro atoms. The molecule has 2 aliphatic rings. The number of fused-ring (bicyclic) bond motifs is 1. The molecule has 1 saturated heterocycles. The van der Waals surface area contributed by atoms with Gasteiger partial charge in [0, 0.05) is 30.0 Å². The standard InChI is InChI=1S/C14H17NO2S/c16-13-5-3-10-8-15(9-12(10)13)14(17)6-4-11-2-1-7-18-11/h1-2,4,6-7,10,12-13,16H,3,5,8-9H2/b6-4+. The first-order chi connectivity index (χ1) is 8.74. The minimum atomic E-state index is -0.200. The summed E-state index contributed by atoms with van der Waals surface area (Å²) in [6, 6.07) is 3.97. The minimum Gasteiger partial charge on any atom is -0.393 e. The molecule has 1 amide bonds. The number of rotatable bonds is 2. The van der Waals surface area contributed by atoms with Crippen LogP contribution in [0, 0.1) is 11.8 Å². The van der Waals surface area contributed by atoms with Gasteiger partial charge in [-0.2, -0.15) is 0 Å². The van der Waals surface area contributed by atoms with E-state index in [1.807, 2.05) is 28.5 Å². The van der Waals surface area contributed by atoms with Crippen LogP contribution in [0.3, 0.4) is 0 Å². The molecule has 3 atom stereocenters. The zero-order chi connectivity index (χ0) is 12.5. The molecule has 1 aliphatic carbocycles. The van der Waals surface area contributed by atoms with Gasteiger partial charge in [-0.15, -0.1) is 11.3 Å². The van der Waals surface area contributed by atoms with Crippen LogP contribution >= 0.6 is 11.3 Å². The number of carbonyl (C=O) groups excluding carboxylic acids is 1. The van der Waals surface area contributed by atoms with Crippen LogP contribution in [-0.4, -0.2) is 35.1 Å². The number of likely N-dealkylation sites (tertiary alicyclic amines) is 1. The van der Waals surface area contributed by atoms with E-state index in [1.165, 1.54) is 0 Å². The largest absolute Gasteiger partial charge is 0.393 e. The summed E-state index contributed by atoms with van der Waals surface area (Å²) in [5, 5.41) is 11.8. The maximum atomic E-state index is 12.0. The molecule has 1 saturated carbocycles. The first-order valence-electron chi connectivity index (χ1n) is 6.42. The summed E-state index contributed by atoms with van der Waals surface area (Å²) in [5.74, 6) is 0.896. The molecule has 1 N–H and O–H groups in total. The van der Waals surface area contributed by atoms with Gasteiger partial charge >= 0.3 is 0 Å². The van der Waals surface area contributed by atoms with Gasteiger partial charge in [-0.25, -0.2) is 0 Å². The Balaban J connectivity index is 1.61. The fraction of sp³-hybridized carbons (Fsp3) is 0.500. The highest BCUT2D eigenvalue weighted by atomic mass is 32.1. The van der Waals surface area contributed by atoms with Gasteiger partial charge in [0.2, 0.25) is 5.91 Å². The van der Waals surface area contributed by atoms with E-state index in [1.54, 1.807) is 17.4 Å². The van der Waals surface area contributed by atoms with Crippen LogP contribution in [0.25, 0.3) is 6.08 Å². The second-order valence-corrected chi connectivity index (χ2v) is 6.14. The average molecular weight is 263 g/mol. The smallest absolute Gasteiger partial charge is 0.246 e. The van der Waals surface area contributed by atoms with Crippen molar-refractivity contribution in [2.24, 2.45) is 11.8 Å². The summed E-state index contributed by atoms with van der Waals surface area (Å²) in [4.78, 5) is 15.0. The van der Waals surface area contributed by atoms with Crippen molar-refractivity contribution in [3.05, 3.63) is 28.5 Å². The monoisotopic (exact) mass is 263 g/mol. The highest BCUT2D eigenvalue weighted by Gasteiger charge is 2.42. The van der Waals surface area contributed by atoms with Crippen molar-refractivity contribution in [2.45, 2.75) is 18.9 Å². The molecule has 3 unspecified atom stereocenters. The normalized spacial score (nSPS) is 31.2. The zero-order valence-electron chi connectivity index (χ0n) is 10.2. The van der Waals surface area contributed by atoms with Crippen LogP contribution in [0.2, 0.25) is 0 Å². The Bertz CT molecular complexity index is 454. The van der Waals surface area contributed by atoms with Gasteiger partial charge < -0.3 is 10.0 Å². The molecule has 3 nitrogen and oxygen atoms in total. The quantitative estimate of drug-likeness (QED) is 0.829. The van der Waals surface area contributed by atoms with Crippen LogP contribution in [0.1, 0.15) is 17.7 Å². The predicted molar refractivity (Wildman–Crippen MR) is 72.2 cm³/mol. The minimum absolute atomic E-state index is 0.0741. The number of aliphatic hydroxyl groups excluding tert-OH is 1. The zero-order valence-corrected chi connectivity index (χ0v) is 11.0. The lowest BCUT2D eigenvalue weighted by Crippen LogP contribution is -2.29. The Hall–Kier alpha value is -1.13. The molecule has 1 aromatic rings. The van der Waals surface area contributed by atoms with E-state index in [9.17, 15) is 9.90 Å². The van der Waals surface area contributed by atoms with Gasteiger partial charge in [-0.3, -0.25) is 4.79 Å². The molecular weight excluding hydrogens is 246 g/mol. The predicted octanol–water partition coefficient (Wildman–Crippen LogP) is 1.99. The Kier molecular flexibility index (Phi) is 3.22. The average Bonchev–Trinajstić information content (AvgIpc) is 3.05. The van der Waals surface area contributed by atoms with E-state index >= 15 is 0 Å². The molecule has 0 aromatic carbocycles. The molecular formula is C14H17NO2S. The molecule has 18 heavy (non-hydrogen) atoms. The van der Waals surface area contributed by atoms with Crippen molar-refractivity contribution >= 4 is 23.3 Å². The Labute approximate surface area is 111 Å². The van der Waals surface area contributed by atoms with E-state index in [2.05, 4.69) is 0 Å². The SMILES string of the molecule is O=C(/C=C/c1cccs1)N1CC2CCC(O)C2C1. The first kappa shape index (κ1) is 11.9. The second-order valence-electron chi connectivity index (χ2n) is 5.16. The Morgan fingerprint density at radius 1 is 1.44 bits per heavy atom. The molecule has 4 heteroatoms. The molecule has 1 aliphatic heterocycles. The van der Waals surface area contributed by atoms with E-state index in [0.717, 1.165) is 30.8 Å². The third-order valence-corrected chi connectivity index (χ3v) is 4.90. The van der Waals surface area contributed by atoms with Crippen molar-refractivity contribution in [3.63, 3.8) is 0 Å². The molecule has 0 radical (unpaired) electrons. The van der Waals surface area contributed by atoms with E-state index < -0.39 is 0 Å². The van der Waals surface area contributed by atoms with Crippen molar-refractivity contribution < 1.29 is 9.90 Å². The van der Waals surface area contributed by atoms with Crippen molar-refractivity contribution in [2.75, 3.05) is 13.1 Å². The van der Waals surface area contributed by atoms with Crippen molar-refractivity contribution in [3.8, 4) is 0 Å². The third-order valence-electron chi connectivity index (χ3n) is 4.06. The summed E-state index contributed by atoms with van der Waals surface area (Å²) in [5.41, 5.74) is 0. The highest BCUT2D eigenvalue weighted by Crippen LogP contribution is 2.38. The summed E-state index contributed by atoms with van der Waals surface area (Å²) in [7, 11) is 0. The second kappa shape index (κ2) is 4.86. The molecule has 2 heterocycles. The fourth-order valence-corrected chi connectivity index (χ4v) is 3.68. The van der Waals surface area contributed by atoms with E-state index in [-0.39, 0.29) is 12.0 Å². The van der Waals surface area contributed by atoms with Gasteiger partial charge in [0.25, 0.3) is 0 Å². The van der Waals surface area contributed by atoms with Crippen LogP contribution in [-0.2, 0) is 4.79 Å². The first-order valence-corrected chi connectivity index (χ1v) is 7.30. The van der Waals surface area contributed by atoms with Gasteiger partial charge in [-0.05, 0) is 36.3 Å². The number of amides is 1. The van der Waals surface area contributed by atoms with Crippen molar-refractivity contribution in [1.29, 1.82) is 0 Å². The summed E-state index contributed by atoms with van der Waals surface area (Å²) in [6.07, 6.45) is 5.29. The third kappa shape index (κ3) is 2.22. The lowest BCUT2D eigenvalue weighted by atomic mass is 10.00. The molecule has 96 valence electrons. The summed E-state index contributed by atoms with van der Waals surface area (Å²) in [6.45, 7) is 1.54. The lowest BCUT2D eigenvalue weighted by Gasteiger charge is -2.16. The number of carbonyl (C=O) groups is 1. The Morgan fingerprint density at radius 2 is 2.33 bits per heavy atom. The number of thiophene rings is 1. The maximum Gasteiger partial charge on any atom is 0.246 e.